The van der Waals surface area contributed by atoms with Gasteiger partial charge in [0.15, 0.2) is 0 Å². The van der Waals surface area contributed by atoms with Crippen LogP contribution >= 0.6 is 0 Å². The van der Waals surface area contributed by atoms with Crippen molar-refractivity contribution in [3.8, 4) is 5.75 Å². The maximum absolute atomic E-state index is 5.67. The van der Waals surface area contributed by atoms with Crippen LogP contribution in [-0.2, 0) is 6.54 Å². The summed E-state index contributed by atoms with van der Waals surface area (Å²) >= 11 is 0. The molecular formula is C19H32N2O. The first kappa shape index (κ1) is 17.1. The third kappa shape index (κ3) is 3.10. The Balaban J connectivity index is 2.54. The summed E-state index contributed by atoms with van der Waals surface area (Å²) in [6, 6.07) is 5.08. The monoisotopic (exact) mass is 304 g/mol. The van der Waals surface area contributed by atoms with Crippen molar-refractivity contribution in [3.05, 3.63) is 23.3 Å². The molecule has 3 nitrogen and oxygen atoms in total. The first-order valence-corrected chi connectivity index (χ1v) is 8.52. The molecule has 0 aliphatic carbocycles. The second kappa shape index (κ2) is 6.49. The zero-order chi connectivity index (χ0) is 16.5. The molecule has 22 heavy (non-hydrogen) atoms. The van der Waals surface area contributed by atoms with Crippen LogP contribution in [0.25, 0.3) is 0 Å². The quantitative estimate of drug-likeness (QED) is 0.877. The lowest BCUT2D eigenvalue weighted by Crippen LogP contribution is -2.51. The molecule has 1 heterocycles. The molecule has 0 radical (unpaired) electrons. The summed E-state index contributed by atoms with van der Waals surface area (Å²) < 4.78 is 5.67. The molecule has 0 saturated heterocycles. The van der Waals surface area contributed by atoms with Crippen molar-refractivity contribution in [2.45, 2.75) is 72.0 Å². The lowest BCUT2D eigenvalue weighted by atomic mass is 9.78. The minimum Gasteiger partial charge on any atom is -0.496 e. The Morgan fingerprint density at radius 3 is 2.59 bits per heavy atom. The summed E-state index contributed by atoms with van der Waals surface area (Å²) in [4.78, 5) is 2.56. The Hall–Kier alpha value is -1.22. The number of methoxy groups -OCH3 is 1. The molecule has 0 bridgehead atoms. The van der Waals surface area contributed by atoms with Crippen molar-refractivity contribution in [1.82, 2.24) is 5.32 Å². The largest absolute Gasteiger partial charge is 0.496 e. The van der Waals surface area contributed by atoms with Crippen LogP contribution in [-0.4, -0.2) is 25.2 Å². The van der Waals surface area contributed by atoms with Crippen molar-refractivity contribution < 1.29 is 4.74 Å². The predicted molar refractivity (Wildman–Crippen MR) is 95.1 cm³/mol. The average molecular weight is 304 g/mol. The topological polar surface area (TPSA) is 24.5 Å². The maximum atomic E-state index is 5.67. The highest BCUT2D eigenvalue weighted by molar-refractivity contribution is 5.65. The molecule has 0 spiro atoms. The number of nitrogens with zero attached hydrogens (tertiary/aromatic N) is 1. The molecule has 1 N–H and O–H groups in total. The Kier molecular flexibility index (Phi) is 5.06. The van der Waals surface area contributed by atoms with Gasteiger partial charge in [0.05, 0.1) is 7.11 Å². The van der Waals surface area contributed by atoms with Gasteiger partial charge in [-0.15, -0.1) is 0 Å². The number of nitrogens with one attached hydrogen (secondary N) is 1. The zero-order valence-electron chi connectivity index (χ0n) is 15.3. The lowest BCUT2D eigenvalue weighted by molar-refractivity contribution is 0.353. The van der Waals surface area contributed by atoms with E-state index in [1.54, 1.807) is 7.11 Å². The van der Waals surface area contributed by atoms with Gasteiger partial charge in [-0.25, -0.2) is 0 Å². The number of benzene rings is 1. The summed E-state index contributed by atoms with van der Waals surface area (Å²) in [6.07, 6.45) is 1.19. The third-order valence-corrected chi connectivity index (χ3v) is 4.76. The third-order valence-electron chi connectivity index (χ3n) is 4.76. The molecule has 1 unspecified atom stereocenters. The summed E-state index contributed by atoms with van der Waals surface area (Å²) in [5, 5.41) is 3.42. The molecular weight excluding hydrogens is 272 g/mol. The van der Waals surface area contributed by atoms with Gasteiger partial charge >= 0.3 is 0 Å². The number of fused-ring (bicyclic) bond motifs is 1. The first-order valence-electron chi connectivity index (χ1n) is 8.52. The Labute approximate surface area is 136 Å². The molecule has 0 fully saturated rings. The summed E-state index contributed by atoms with van der Waals surface area (Å²) in [6.45, 7) is 15.6. The van der Waals surface area contributed by atoms with E-state index in [1.165, 1.54) is 23.2 Å². The second-order valence-electron chi connectivity index (χ2n) is 7.38. The van der Waals surface area contributed by atoms with Gasteiger partial charge in [-0.2, -0.15) is 0 Å². The Morgan fingerprint density at radius 2 is 2.05 bits per heavy atom. The highest BCUT2D eigenvalue weighted by Gasteiger charge is 2.38. The van der Waals surface area contributed by atoms with Crippen LogP contribution in [0.3, 0.4) is 0 Å². The van der Waals surface area contributed by atoms with E-state index in [2.05, 4.69) is 63.9 Å². The van der Waals surface area contributed by atoms with Gasteiger partial charge in [0.2, 0.25) is 0 Å². The van der Waals surface area contributed by atoms with Gasteiger partial charge < -0.3 is 15.0 Å². The highest BCUT2D eigenvalue weighted by atomic mass is 16.5. The van der Waals surface area contributed by atoms with Crippen LogP contribution in [0, 0.1) is 0 Å². The summed E-state index contributed by atoms with van der Waals surface area (Å²) in [7, 11) is 1.77. The van der Waals surface area contributed by atoms with Crippen molar-refractivity contribution in [2.24, 2.45) is 0 Å². The summed E-state index contributed by atoms with van der Waals surface area (Å²) in [5.74, 6) is 1.57. The first-order chi connectivity index (χ1) is 10.3. The van der Waals surface area contributed by atoms with Gasteiger partial charge in [0.1, 0.15) is 5.75 Å². The molecule has 1 aliphatic heterocycles. The maximum Gasteiger partial charge on any atom is 0.125 e. The van der Waals surface area contributed by atoms with Gasteiger partial charge in [0, 0.05) is 35.4 Å². The van der Waals surface area contributed by atoms with Gasteiger partial charge in [-0.3, -0.25) is 0 Å². The highest BCUT2D eigenvalue weighted by Crippen LogP contribution is 2.46. The SMILES string of the molecule is CCNCc1cc2c(cc1OC)N(C(C)C)C(C)(C)CC2C. The van der Waals surface area contributed by atoms with Crippen LogP contribution in [0.1, 0.15) is 65.0 Å². The predicted octanol–water partition coefficient (Wildman–Crippen LogP) is 4.31. The molecule has 0 aromatic heterocycles. The fourth-order valence-electron chi connectivity index (χ4n) is 4.08. The van der Waals surface area contributed by atoms with E-state index in [4.69, 9.17) is 4.74 Å². The van der Waals surface area contributed by atoms with E-state index in [1.807, 2.05) is 0 Å². The molecule has 0 saturated carbocycles. The van der Waals surface area contributed by atoms with Crippen LogP contribution in [0.4, 0.5) is 5.69 Å². The van der Waals surface area contributed by atoms with E-state index < -0.39 is 0 Å². The lowest BCUT2D eigenvalue weighted by Gasteiger charge is -2.50. The normalized spacial score (nSPS) is 20.2. The van der Waals surface area contributed by atoms with Crippen LogP contribution < -0.4 is 15.0 Å². The van der Waals surface area contributed by atoms with Crippen molar-refractivity contribution in [1.29, 1.82) is 0 Å². The molecule has 0 amide bonds. The Bertz CT molecular complexity index is 522. The van der Waals surface area contributed by atoms with Gasteiger partial charge in [0.25, 0.3) is 0 Å². The molecule has 1 aromatic rings. The Morgan fingerprint density at radius 1 is 1.36 bits per heavy atom. The molecule has 3 heteroatoms. The average Bonchev–Trinajstić information content (AvgIpc) is 2.43. The van der Waals surface area contributed by atoms with E-state index >= 15 is 0 Å². The van der Waals surface area contributed by atoms with Crippen LogP contribution in [0.2, 0.25) is 0 Å². The number of hydrogen-bond donors (Lipinski definition) is 1. The molecule has 1 aromatic carbocycles. The number of anilines is 1. The minimum absolute atomic E-state index is 0.175. The fraction of sp³-hybridized carbons (Fsp3) is 0.684. The van der Waals surface area contributed by atoms with Gasteiger partial charge in [-0.05, 0) is 58.2 Å². The second-order valence-corrected chi connectivity index (χ2v) is 7.38. The smallest absolute Gasteiger partial charge is 0.125 e. The van der Waals surface area contributed by atoms with Crippen molar-refractivity contribution in [3.63, 3.8) is 0 Å². The molecule has 124 valence electrons. The van der Waals surface area contributed by atoms with Crippen molar-refractivity contribution >= 4 is 5.69 Å². The van der Waals surface area contributed by atoms with E-state index in [-0.39, 0.29) is 5.54 Å². The molecule has 2 rings (SSSR count). The zero-order valence-corrected chi connectivity index (χ0v) is 15.3. The molecule has 1 aliphatic rings. The van der Waals surface area contributed by atoms with Crippen LogP contribution in [0.5, 0.6) is 5.75 Å². The van der Waals surface area contributed by atoms with E-state index in [9.17, 15) is 0 Å². The summed E-state index contributed by atoms with van der Waals surface area (Å²) in [5.41, 5.74) is 4.24. The van der Waals surface area contributed by atoms with Crippen molar-refractivity contribution in [2.75, 3.05) is 18.6 Å². The van der Waals surface area contributed by atoms with Crippen LogP contribution in [0.15, 0.2) is 12.1 Å². The standard InChI is InChI=1S/C19H32N2O/c1-8-20-12-15-9-16-14(4)11-19(5,6)21(13(2)3)17(16)10-18(15)22-7/h9-10,13-14,20H,8,11-12H2,1-7H3. The fourth-order valence-corrected chi connectivity index (χ4v) is 4.08. The van der Waals surface area contributed by atoms with E-state index in [0.29, 0.717) is 12.0 Å². The molecule has 1 atom stereocenters. The minimum atomic E-state index is 0.175. The van der Waals surface area contributed by atoms with E-state index in [0.717, 1.165) is 18.8 Å². The number of ether oxygens (including phenoxy) is 1. The number of hydrogen-bond acceptors (Lipinski definition) is 3. The van der Waals surface area contributed by atoms with Gasteiger partial charge in [-0.1, -0.05) is 13.8 Å². The number of rotatable bonds is 5.